The van der Waals surface area contributed by atoms with Crippen molar-refractivity contribution in [2.75, 3.05) is 20.2 Å². The van der Waals surface area contributed by atoms with Crippen LogP contribution in [0.4, 0.5) is 0 Å². The summed E-state index contributed by atoms with van der Waals surface area (Å²) in [6.07, 6.45) is 5.74. The first kappa shape index (κ1) is 22.1. The highest BCUT2D eigenvalue weighted by Crippen LogP contribution is 2.24. The van der Waals surface area contributed by atoms with Gasteiger partial charge in [0.1, 0.15) is 5.69 Å². The number of allylic oxidation sites excluding steroid dienone is 1. The van der Waals surface area contributed by atoms with Crippen LogP contribution >= 0.6 is 11.9 Å². The first-order valence-corrected chi connectivity index (χ1v) is 10.7. The number of methoxy groups -OCH3 is 1. The molecule has 0 aliphatic carbocycles. The Kier molecular flexibility index (Phi) is 9.17. The summed E-state index contributed by atoms with van der Waals surface area (Å²) in [5.74, 6) is -0.358. The van der Waals surface area contributed by atoms with Crippen molar-refractivity contribution < 1.29 is 9.53 Å². The van der Waals surface area contributed by atoms with Crippen LogP contribution in [0.2, 0.25) is 0 Å². The molecule has 1 saturated heterocycles. The van der Waals surface area contributed by atoms with E-state index in [1.54, 1.807) is 11.9 Å². The molecule has 0 spiro atoms. The SMILES string of the molecule is CC.COC(=O)c1cc(-c2ccccc2)cn1C/C(N)=C/SN1CCCCC1. The van der Waals surface area contributed by atoms with E-state index in [0.29, 0.717) is 12.2 Å². The summed E-state index contributed by atoms with van der Waals surface area (Å²) in [4.78, 5) is 12.1. The largest absolute Gasteiger partial charge is 0.464 e. The zero-order valence-electron chi connectivity index (χ0n) is 17.1. The van der Waals surface area contributed by atoms with Crippen molar-refractivity contribution >= 4 is 17.9 Å². The van der Waals surface area contributed by atoms with Crippen molar-refractivity contribution in [2.45, 2.75) is 39.7 Å². The molecule has 2 aromatic rings. The molecule has 0 atom stereocenters. The monoisotopic (exact) mass is 401 g/mol. The number of nitrogens with two attached hydrogens (primary N) is 1. The zero-order chi connectivity index (χ0) is 20.4. The van der Waals surface area contributed by atoms with Crippen LogP contribution in [0.3, 0.4) is 0 Å². The van der Waals surface area contributed by atoms with E-state index in [9.17, 15) is 4.79 Å². The van der Waals surface area contributed by atoms with Crippen molar-refractivity contribution in [3.63, 3.8) is 0 Å². The number of benzene rings is 1. The van der Waals surface area contributed by atoms with Crippen LogP contribution in [-0.2, 0) is 11.3 Å². The lowest BCUT2D eigenvalue weighted by Gasteiger charge is -2.23. The number of ether oxygens (including phenoxy) is 1. The molecule has 28 heavy (non-hydrogen) atoms. The maximum Gasteiger partial charge on any atom is 0.354 e. The highest BCUT2D eigenvalue weighted by Gasteiger charge is 2.16. The average Bonchev–Trinajstić information content (AvgIpc) is 3.18. The van der Waals surface area contributed by atoms with Gasteiger partial charge in [0.2, 0.25) is 0 Å². The molecule has 5 nitrogen and oxygen atoms in total. The predicted octanol–water partition coefficient (Wildman–Crippen LogP) is 4.90. The summed E-state index contributed by atoms with van der Waals surface area (Å²) < 4.78 is 9.12. The van der Waals surface area contributed by atoms with E-state index >= 15 is 0 Å². The number of carbonyl (C=O) groups excluding carboxylic acids is 1. The standard InChI is InChI=1S/C20H25N3O2S.C2H6/c1-25-20(24)19-12-17(16-8-4-2-5-9-16)13-22(19)14-18(21)15-26-23-10-6-3-7-11-23;1-2/h2,4-5,8-9,12-13,15H,3,6-7,10-11,14,21H2,1H3;1-2H3/b18-15-;. The number of piperidine rings is 1. The fourth-order valence-corrected chi connectivity index (χ4v) is 3.88. The minimum Gasteiger partial charge on any atom is -0.464 e. The summed E-state index contributed by atoms with van der Waals surface area (Å²) in [5, 5.41) is 1.98. The minimum absolute atomic E-state index is 0.358. The van der Waals surface area contributed by atoms with Gasteiger partial charge in [-0.15, -0.1) is 0 Å². The molecule has 0 radical (unpaired) electrons. The Balaban J connectivity index is 0.00000136. The van der Waals surface area contributed by atoms with E-state index in [0.717, 1.165) is 29.9 Å². The Labute approximate surface area is 172 Å². The maximum atomic E-state index is 12.1. The Morgan fingerprint density at radius 1 is 1.14 bits per heavy atom. The smallest absolute Gasteiger partial charge is 0.354 e. The van der Waals surface area contributed by atoms with Gasteiger partial charge < -0.3 is 15.0 Å². The number of esters is 1. The molecule has 3 rings (SSSR count). The second-order valence-corrected chi connectivity index (χ2v) is 7.35. The van der Waals surface area contributed by atoms with Crippen LogP contribution in [0.1, 0.15) is 43.6 Å². The lowest BCUT2D eigenvalue weighted by molar-refractivity contribution is 0.0589. The van der Waals surface area contributed by atoms with E-state index in [4.69, 9.17) is 10.5 Å². The van der Waals surface area contributed by atoms with Crippen LogP contribution in [0.25, 0.3) is 11.1 Å². The van der Waals surface area contributed by atoms with E-state index < -0.39 is 0 Å². The molecule has 2 N–H and O–H groups in total. The van der Waals surface area contributed by atoms with Gasteiger partial charge in [-0.3, -0.25) is 0 Å². The number of hydrogen-bond donors (Lipinski definition) is 1. The Morgan fingerprint density at radius 3 is 2.46 bits per heavy atom. The fourth-order valence-electron chi connectivity index (χ4n) is 3.05. The molecular formula is C22H31N3O2S. The molecule has 1 fully saturated rings. The molecule has 0 unspecified atom stereocenters. The topological polar surface area (TPSA) is 60.5 Å². The van der Waals surface area contributed by atoms with Gasteiger partial charge in [-0.1, -0.05) is 50.6 Å². The highest BCUT2D eigenvalue weighted by atomic mass is 32.2. The van der Waals surface area contributed by atoms with Crippen molar-refractivity contribution in [1.82, 2.24) is 8.87 Å². The lowest BCUT2D eigenvalue weighted by Crippen LogP contribution is -2.22. The number of rotatable bonds is 6. The molecule has 0 saturated carbocycles. The number of carbonyl (C=O) groups is 1. The molecule has 0 amide bonds. The molecule has 1 aliphatic rings. The number of nitrogens with zero attached hydrogens (tertiary/aromatic N) is 2. The number of hydrogen-bond acceptors (Lipinski definition) is 5. The summed E-state index contributed by atoms with van der Waals surface area (Å²) >= 11 is 1.66. The minimum atomic E-state index is -0.358. The maximum absolute atomic E-state index is 12.1. The van der Waals surface area contributed by atoms with E-state index in [1.807, 2.05) is 66.4 Å². The normalized spacial score (nSPS) is 14.9. The third kappa shape index (κ3) is 6.17. The van der Waals surface area contributed by atoms with Gasteiger partial charge >= 0.3 is 5.97 Å². The van der Waals surface area contributed by atoms with Gasteiger partial charge in [-0.2, -0.15) is 0 Å². The zero-order valence-corrected chi connectivity index (χ0v) is 17.9. The second-order valence-electron chi connectivity index (χ2n) is 6.39. The van der Waals surface area contributed by atoms with Gasteiger partial charge in [-0.05, 0) is 36.4 Å². The van der Waals surface area contributed by atoms with Crippen molar-refractivity contribution in [3.05, 3.63) is 59.4 Å². The molecule has 1 aliphatic heterocycles. The molecule has 0 bridgehead atoms. The van der Waals surface area contributed by atoms with Crippen molar-refractivity contribution in [1.29, 1.82) is 0 Å². The molecule has 6 heteroatoms. The van der Waals surface area contributed by atoms with Crippen molar-refractivity contribution in [2.24, 2.45) is 5.73 Å². The Bertz CT molecular complexity index is 765. The summed E-state index contributed by atoms with van der Waals surface area (Å²) in [6, 6.07) is 11.8. The van der Waals surface area contributed by atoms with Gasteiger partial charge in [-0.25, -0.2) is 9.10 Å². The third-order valence-electron chi connectivity index (χ3n) is 4.42. The highest BCUT2D eigenvalue weighted by molar-refractivity contribution is 7.99. The fraction of sp³-hybridized carbons (Fsp3) is 0.409. The van der Waals surface area contributed by atoms with Gasteiger partial charge in [0.05, 0.1) is 13.7 Å². The van der Waals surface area contributed by atoms with Crippen LogP contribution in [0.15, 0.2) is 53.7 Å². The average molecular weight is 402 g/mol. The van der Waals surface area contributed by atoms with Crippen molar-refractivity contribution in [3.8, 4) is 11.1 Å². The van der Waals surface area contributed by atoms with Gasteiger partial charge in [0.15, 0.2) is 0 Å². The van der Waals surface area contributed by atoms with Crippen LogP contribution in [0.5, 0.6) is 0 Å². The van der Waals surface area contributed by atoms with Crippen LogP contribution < -0.4 is 5.73 Å². The summed E-state index contributed by atoms with van der Waals surface area (Å²) in [5.41, 5.74) is 9.48. The van der Waals surface area contributed by atoms with E-state index in [2.05, 4.69) is 4.31 Å². The van der Waals surface area contributed by atoms with E-state index in [1.165, 1.54) is 26.4 Å². The lowest BCUT2D eigenvalue weighted by atomic mass is 10.1. The molecular weight excluding hydrogens is 370 g/mol. The first-order valence-electron chi connectivity index (χ1n) is 9.87. The molecule has 1 aromatic heterocycles. The second kappa shape index (κ2) is 11.6. The molecule has 1 aromatic carbocycles. The third-order valence-corrected chi connectivity index (χ3v) is 5.49. The van der Waals surface area contributed by atoms with Gasteiger partial charge in [0.25, 0.3) is 0 Å². The van der Waals surface area contributed by atoms with Crippen LogP contribution in [-0.4, -0.2) is 35.0 Å². The Hall–Kier alpha value is -2.18. The molecule has 152 valence electrons. The van der Waals surface area contributed by atoms with Crippen LogP contribution in [0, 0.1) is 0 Å². The first-order chi connectivity index (χ1) is 13.7. The quantitative estimate of drug-likeness (QED) is 0.551. The van der Waals surface area contributed by atoms with E-state index in [-0.39, 0.29) is 5.97 Å². The Morgan fingerprint density at radius 2 is 1.82 bits per heavy atom. The predicted molar refractivity (Wildman–Crippen MR) is 118 cm³/mol. The molecule has 2 heterocycles. The number of aromatic nitrogens is 1. The van der Waals surface area contributed by atoms with Gasteiger partial charge in [0, 0.05) is 36.0 Å². The summed E-state index contributed by atoms with van der Waals surface area (Å²) in [6.45, 7) is 6.66. The summed E-state index contributed by atoms with van der Waals surface area (Å²) in [7, 11) is 1.40.